The lowest BCUT2D eigenvalue weighted by Gasteiger charge is -2.13. The Morgan fingerprint density at radius 2 is 1.54 bits per heavy atom. The van der Waals surface area contributed by atoms with Crippen molar-refractivity contribution in [1.82, 2.24) is 0 Å². The van der Waals surface area contributed by atoms with Crippen molar-refractivity contribution in [2.75, 3.05) is 14.2 Å². The molecule has 24 heavy (non-hydrogen) atoms. The summed E-state index contributed by atoms with van der Waals surface area (Å²) in [6.07, 6.45) is 0. The first-order valence-electron chi connectivity index (χ1n) is 6.94. The van der Waals surface area contributed by atoms with Crippen LogP contribution in [0.4, 0.5) is 0 Å². The topological polar surface area (TPSA) is 61.8 Å². The molecule has 2 rings (SSSR count). The van der Waals surface area contributed by atoms with E-state index in [0.717, 1.165) is 4.47 Å². The summed E-state index contributed by atoms with van der Waals surface area (Å²) in [6.45, 7) is 0. The SMILES string of the molecule is COP(=O)(/C=C(\OC(=O)c1ccccc1)c1ccc(Br)cc1)OC. The predicted molar refractivity (Wildman–Crippen MR) is 95.6 cm³/mol. The van der Waals surface area contributed by atoms with E-state index >= 15 is 0 Å². The number of rotatable bonds is 6. The van der Waals surface area contributed by atoms with Crippen LogP contribution < -0.4 is 0 Å². The van der Waals surface area contributed by atoms with Crippen LogP contribution in [0.5, 0.6) is 0 Å². The molecule has 0 radical (unpaired) electrons. The molecule has 0 unspecified atom stereocenters. The molecule has 0 saturated carbocycles. The highest BCUT2D eigenvalue weighted by Gasteiger charge is 2.22. The van der Waals surface area contributed by atoms with E-state index in [1.807, 2.05) is 0 Å². The van der Waals surface area contributed by atoms with Gasteiger partial charge in [0.05, 0.1) is 11.4 Å². The Morgan fingerprint density at radius 1 is 0.958 bits per heavy atom. The molecule has 0 saturated heterocycles. The van der Waals surface area contributed by atoms with Gasteiger partial charge >= 0.3 is 13.6 Å². The number of hydrogen-bond donors (Lipinski definition) is 0. The van der Waals surface area contributed by atoms with Crippen LogP contribution in [-0.4, -0.2) is 20.2 Å². The summed E-state index contributed by atoms with van der Waals surface area (Å²) < 4.78 is 28.5. The molecular formula is C17H16BrO5P. The van der Waals surface area contributed by atoms with Crippen molar-refractivity contribution in [3.63, 3.8) is 0 Å². The van der Waals surface area contributed by atoms with Crippen molar-refractivity contribution in [3.8, 4) is 0 Å². The molecule has 0 atom stereocenters. The molecule has 0 bridgehead atoms. The van der Waals surface area contributed by atoms with E-state index in [4.69, 9.17) is 13.8 Å². The highest BCUT2D eigenvalue weighted by molar-refractivity contribution is 9.10. The van der Waals surface area contributed by atoms with Gasteiger partial charge in [0, 0.05) is 24.3 Å². The van der Waals surface area contributed by atoms with E-state index in [0.29, 0.717) is 11.1 Å². The maximum absolute atomic E-state index is 12.4. The van der Waals surface area contributed by atoms with Crippen molar-refractivity contribution in [2.45, 2.75) is 0 Å². The molecule has 0 amide bonds. The number of carbonyl (C=O) groups excluding carboxylic acids is 1. The van der Waals surface area contributed by atoms with Gasteiger partial charge in [-0.3, -0.25) is 4.57 Å². The van der Waals surface area contributed by atoms with Gasteiger partial charge in [-0.2, -0.15) is 0 Å². The third-order valence-electron chi connectivity index (χ3n) is 3.13. The number of halogens is 1. The van der Waals surface area contributed by atoms with Gasteiger partial charge < -0.3 is 13.8 Å². The quantitative estimate of drug-likeness (QED) is 0.377. The first-order valence-corrected chi connectivity index (χ1v) is 9.35. The Kier molecular flexibility index (Phi) is 6.52. The van der Waals surface area contributed by atoms with Crippen LogP contribution in [0.25, 0.3) is 5.76 Å². The fourth-order valence-electron chi connectivity index (χ4n) is 1.83. The second kappa shape index (κ2) is 8.40. The smallest absolute Gasteiger partial charge is 0.357 e. The Labute approximate surface area is 148 Å². The number of benzene rings is 2. The number of esters is 1. The van der Waals surface area contributed by atoms with Gasteiger partial charge in [0.25, 0.3) is 0 Å². The summed E-state index contributed by atoms with van der Waals surface area (Å²) in [6, 6.07) is 15.5. The minimum absolute atomic E-state index is 0.100. The van der Waals surface area contributed by atoms with Gasteiger partial charge in [-0.15, -0.1) is 0 Å². The maximum atomic E-state index is 12.4. The van der Waals surface area contributed by atoms with E-state index in [9.17, 15) is 9.36 Å². The number of hydrogen-bond acceptors (Lipinski definition) is 5. The average Bonchev–Trinajstić information content (AvgIpc) is 2.62. The molecule has 2 aromatic carbocycles. The Balaban J connectivity index is 2.40. The number of ether oxygens (including phenoxy) is 1. The van der Waals surface area contributed by atoms with Gasteiger partial charge in [-0.1, -0.05) is 46.3 Å². The molecule has 0 spiro atoms. The van der Waals surface area contributed by atoms with Crippen LogP contribution >= 0.6 is 23.5 Å². The third kappa shape index (κ3) is 4.89. The van der Waals surface area contributed by atoms with Crippen LogP contribution in [0.15, 0.2) is 64.9 Å². The molecule has 126 valence electrons. The number of carbonyl (C=O) groups is 1. The monoisotopic (exact) mass is 410 g/mol. The van der Waals surface area contributed by atoms with E-state index in [-0.39, 0.29) is 5.76 Å². The van der Waals surface area contributed by atoms with Gasteiger partial charge in [0.15, 0.2) is 0 Å². The van der Waals surface area contributed by atoms with Gasteiger partial charge in [-0.05, 0) is 24.3 Å². The molecule has 0 heterocycles. The highest BCUT2D eigenvalue weighted by atomic mass is 79.9. The van der Waals surface area contributed by atoms with Crippen molar-refractivity contribution in [1.29, 1.82) is 0 Å². The summed E-state index contributed by atoms with van der Waals surface area (Å²) in [4.78, 5) is 12.3. The zero-order chi connectivity index (χ0) is 17.6. The molecular weight excluding hydrogens is 395 g/mol. The molecule has 0 aliphatic rings. The first kappa shape index (κ1) is 18.6. The second-order valence-corrected chi connectivity index (χ2v) is 7.64. The molecule has 0 aromatic heterocycles. The Hall–Kier alpha value is -1.72. The minimum atomic E-state index is -3.51. The molecule has 0 aliphatic carbocycles. The van der Waals surface area contributed by atoms with E-state index in [2.05, 4.69) is 15.9 Å². The molecule has 7 heteroatoms. The predicted octanol–water partition coefficient (Wildman–Crippen LogP) is 5.09. The van der Waals surface area contributed by atoms with Crippen LogP contribution in [0.2, 0.25) is 0 Å². The van der Waals surface area contributed by atoms with Crippen molar-refractivity contribution in [3.05, 3.63) is 76.0 Å². The van der Waals surface area contributed by atoms with Gasteiger partial charge in [0.1, 0.15) is 5.76 Å². The molecule has 2 aromatic rings. The van der Waals surface area contributed by atoms with Gasteiger partial charge in [-0.25, -0.2) is 4.79 Å². The zero-order valence-electron chi connectivity index (χ0n) is 13.1. The van der Waals surface area contributed by atoms with Crippen molar-refractivity contribution in [2.24, 2.45) is 0 Å². The molecule has 0 fully saturated rings. The fraction of sp³-hybridized carbons (Fsp3) is 0.118. The lowest BCUT2D eigenvalue weighted by Crippen LogP contribution is -2.05. The summed E-state index contributed by atoms with van der Waals surface area (Å²) >= 11 is 3.34. The van der Waals surface area contributed by atoms with Crippen LogP contribution in [0, 0.1) is 0 Å². The average molecular weight is 411 g/mol. The fourth-order valence-corrected chi connectivity index (χ4v) is 2.94. The minimum Gasteiger partial charge on any atom is -0.422 e. The Morgan fingerprint density at radius 3 is 2.08 bits per heavy atom. The first-order chi connectivity index (χ1) is 11.5. The highest BCUT2D eigenvalue weighted by Crippen LogP contribution is 2.50. The molecule has 0 aliphatic heterocycles. The van der Waals surface area contributed by atoms with Crippen molar-refractivity contribution >= 4 is 35.3 Å². The molecule has 5 nitrogen and oxygen atoms in total. The summed E-state index contributed by atoms with van der Waals surface area (Å²) in [5, 5.41) is 0. The van der Waals surface area contributed by atoms with E-state index in [1.165, 1.54) is 20.0 Å². The van der Waals surface area contributed by atoms with E-state index in [1.54, 1.807) is 54.6 Å². The third-order valence-corrected chi connectivity index (χ3v) is 5.22. The van der Waals surface area contributed by atoms with Crippen LogP contribution in [0.3, 0.4) is 0 Å². The van der Waals surface area contributed by atoms with Crippen LogP contribution in [0.1, 0.15) is 15.9 Å². The Bertz CT molecular complexity index is 763. The summed E-state index contributed by atoms with van der Waals surface area (Å²) in [5.41, 5.74) is 0.946. The lowest BCUT2D eigenvalue weighted by atomic mass is 10.2. The molecule has 0 N–H and O–H groups in total. The summed E-state index contributed by atoms with van der Waals surface area (Å²) in [5.74, 6) is 0.726. The largest absolute Gasteiger partial charge is 0.422 e. The standard InChI is InChI=1S/C17H16BrO5P/c1-21-24(20,22-2)12-16(13-8-10-15(18)11-9-13)23-17(19)14-6-4-3-5-7-14/h3-12H,1-2H3/b16-12-. The normalized spacial score (nSPS) is 12.0. The van der Waals surface area contributed by atoms with Gasteiger partial charge in [0.2, 0.25) is 0 Å². The zero-order valence-corrected chi connectivity index (χ0v) is 15.6. The second-order valence-electron chi connectivity index (χ2n) is 4.66. The van der Waals surface area contributed by atoms with E-state index < -0.39 is 13.6 Å². The van der Waals surface area contributed by atoms with Crippen LogP contribution in [-0.2, 0) is 18.3 Å². The van der Waals surface area contributed by atoms with Crippen molar-refractivity contribution < 1.29 is 23.1 Å². The lowest BCUT2D eigenvalue weighted by molar-refractivity contribution is 0.0692. The summed E-state index contributed by atoms with van der Waals surface area (Å²) in [7, 11) is -0.988. The maximum Gasteiger partial charge on any atom is 0.357 e.